The third-order valence-corrected chi connectivity index (χ3v) is 4.25. The molecule has 1 aliphatic rings. The fraction of sp³-hybridized carbons (Fsp3) is 0.353. The molecule has 120 valence electrons. The molecular formula is C17H19ClN4O. The average molecular weight is 331 g/mol. The van der Waals surface area contributed by atoms with Crippen LogP contribution in [0.2, 0.25) is 5.02 Å². The van der Waals surface area contributed by atoms with Crippen molar-refractivity contribution in [2.45, 2.75) is 26.7 Å². The molecule has 5 nitrogen and oxygen atoms in total. The average Bonchev–Trinajstić information content (AvgIpc) is 3.05. The van der Waals surface area contributed by atoms with Gasteiger partial charge in [0, 0.05) is 13.1 Å². The van der Waals surface area contributed by atoms with Crippen molar-refractivity contribution in [3.05, 3.63) is 46.4 Å². The minimum Gasteiger partial charge on any atom is -0.338 e. The van der Waals surface area contributed by atoms with E-state index in [-0.39, 0.29) is 5.91 Å². The van der Waals surface area contributed by atoms with Crippen molar-refractivity contribution < 1.29 is 4.79 Å². The van der Waals surface area contributed by atoms with E-state index in [1.54, 1.807) is 6.20 Å². The number of anilines is 2. The van der Waals surface area contributed by atoms with Gasteiger partial charge in [0.05, 0.1) is 23.1 Å². The van der Waals surface area contributed by atoms with Gasteiger partial charge in [-0.05, 0) is 43.9 Å². The zero-order chi connectivity index (χ0) is 16.4. The fourth-order valence-electron chi connectivity index (χ4n) is 2.79. The molecule has 0 unspecified atom stereocenters. The lowest BCUT2D eigenvalue weighted by Crippen LogP contribution is -2.28. The lowest BCUT2D eigenvalue weighted by Gasteiger charge is -2.15. The normalized spacial score (nSPS) is 14.1. The summed E-state index contributed by atoms with van der Waals surface area (Å²) in [6.07, 6.45) is 5.20. The van der Waals surface area contributed by atoms with E-state index in [0.29, 0.717) is 16.5 Å². The van der Waals surface area contributed by atoms with Crippen LogP contribution in [0.15, 0.2) is 24.5 Å². The van der Waals surface area contributed by atoms with Gasteiger partial charge >= 0.3 is 0 Å². The van der Waals surface area contributed by atoms with Gasteiger partial charge in [-0.2, -0.15) is 0 Å². The Hall–Kier alpha value is -2.14. The predicted molar refractivity (Wildman–Crippen MR) is 91.4 cm³/mol. The number of hydrogen-bond acceptors (Lipinski definition) is 4. The van der Waals surface area contributed by atoms with E-state index < -0.39 is 0 Å². The molecular weight excluding hydrogens is 312 g/mol. The molecule has 2 aromatic rings. The van der Waals surface area contributed by atoms with E-state index in [0.717, 1.165) is 42.7 Å². The molecule has 1 amide bonds. The maximum Gasteiger partial charge on any atom is 0.274 e. The van der Waals surface area contributed by atoms with Crippen molar-refractivity contribution >= 4 is 29.0 Å². The second-order valence-corrected chi connectivity index (χ2v) is 6.26. The van der Waals surface area contributed by atoms with Crippen LogP contribution < -0.4 is 5.32 Å². The number of likely N-dealkylation sites (tertiary alicyclic amines) is 1. The Labute approximate surface area is 140 Å². The van der Waals surface area contributed by atoms with E-state index in [9.17, 15) is 4.79 Å². The monoisotopic (exact) mass is 330 g/mol. The highest BCUT2D eigenvalue weighted by Crippen LogP contribution is 2.29. The fourth-order valence-corrected chi connectivity index (χ4v) is 3.16. The van der Waals surface area contributed by atoms with Crippen LogP contribution in [0.3, 0.4) is 0 Å². The minimum atomic E-state index is -0.0499. The molecule has 1 saturated heterocycles. The lowest BCUT2D eigenvalue weighted by atomic mass is 10.1. The Bertz CT molecular complexity index is 701. The summed E-state index contributed by atoms with van der Waals surface area (Å²) in [7, 11) is 0. The summed E-state index contributed by atoms with van der Waals surface area (Å²) in [4.78, 5) is 22.6. The number of carbonyl (C=O) groups excluding carboxylic acids is 1. The van der Waals surface area contributed by atoms with Gasteiger partial charge < -0.3 is 10.2 Å². The van der Waals surface area contributed by atoms with Gasteiger partial charge in [-0.3, -0.25) is 4.79 Å². The molecule has 1 aliphatic heterocycles. The van der Waals surface area contributed by atoms with Crippen LogP contribution in [0.1, 0.15) is 34.5 Å². The first-order valence-corrected chi connectivity index (χ1v) is 8.07. The first-order valence-electron chi connectivity index (χ1n) is 7.69. The molecule has 1 aromatic carbocycles. The standard InChI is InChI=1S/C17H19ClN4O/c1-11-7-12(2)16(13(18)8-11)21-15-10-19-14(9-20-15)17(23)22-5-3-4-6-22/h7-10H,3-6H2,1-2H3,(H,20,21). The molecule has 3 rings (SSSR count). The smallest absolute Gasteiger partial charge is 0.274 e. The van der Waals surface area contributed by atoms with Crippen molar-refractivity contribution in [1.29, 1.82) is 0 Å². The maximum atomic E-state index is 12.2. The Morgan fingerprint density at radius 2 is 1.91 bits per heavy atom. The molecule has 6 heteroatoms. The van der Waals surface area contributed by atoms with Gasteiger partial charge in [-0.25, -0.2) is 9.97 Å². The van der Waals surface area contributed by atoms with E-state index in [1.165, 1.54) is 6.20 Å². The topological polar surface area (TPSA) is 58.1 Å². The van der Waals surface area contributed by atoms with Crippen LogP contribution in [0.25, 0.3) is 0 Å². The van der Waals surface area contributed by atoms with Crippen LogP contribution in [-0.4, -0.2) is 33.9 Å². The number of amides is 1. The summed E-state index contributed by atoms with van der Waals surface area (Å²) in [6, 6.07) is 3.95. The lowest BCUT2D eigenvalue weighted by molar-refractivity contribution is 0.0786. The van der Waals surface area contributed by atoms with Crippen molar-refractivity contribution in [2.24, 2.45) is 0 Å². The molecule has 2 heterocycles. The Morgan fingerprint density at radius 3 is 2.52 bits per heavy atom. The molecule has 1 fully saturated rings. The highest BCUT2D eigenvalue weighted by atomic mass is 35.5. The number of aryl methyl sites for hydroxylation is 2. The second kappa shape index (κ2) is 6.54. The summed E-state index contributed by atoms with van der Waals surface area (Å²) < 4.78 is 0. The molecule has 1 aromatic heterocycles. The molecule has 23 heavy (non-hydrogen) atoms. The minimum absolute atomic E-state index is 0.0499. The van der Waals surface area contributed by atoms with Crippen LogP contribution in [0.4, 0.5) is 11.5 Å². The molecule has 0 saturated carbocycles. The summed E-state index contributed by atoms with van der Waals surface area (Å²) in [5.74, 6) is 0.517. The van der Waals surface area contributed by atoms with Crippen LogP contribution in [0.5, 0.6) is 0 Å². The van der Waals surface area contributed by atoms with Crippen LogP contribution >= 0.6 is 11.6 Å². The molecule has 0 spiro atoms. The number of halogens is 1. The van der Waals surface area contributed by atoms with Crippen molar-refractivity contribution in [2.75, 3.05) is 18.4 Å². The number of carbonyl (C=O) groups is 1. The summed E-state index contributed by atoms with van der Waals surface area (Å²) in [5.41, 5.74) is 3.33. The Balaban J connectivity index is 1.76. The first-order chi connectivity index (χ1) is 11.0. The molecule has 0 bridgehead atoms. The first kappa shape index (κ1) is 15.7. The SMILES string of the molecule is Cc1cc(C)c(Nc2cnc(C(=O)N3CCCC3)cn2)c(Cl)c1. The summed E-state index contributed by atoms with van der Waals surface area (Å²) in [6.45, 7) is 5.60. The van der Waals surface area contributed by atoms with Crippen molar-refractivity contribution in [1.82, 2.24) is 14.9 Å². The Kier molecular flexibility index (Phi) is 4.48. The van der Waals surface area contributed by atoms with Crippen molar-refractivity contribution in [3.63, 3.8) is 0 Å². The predicted octanol–water partition coefficient (Wildman–Crippen LogP) is 3.73. The third-order valence-electron chi connectivity index (χ3n) is 3.95. The second-order valence-electron chi connectivity index (χ2n) is 5.85. The maximum absolute atomic E-state index is 12.2. The number of nitrogens with zero attached hydrogens (tertiary/aromatic N) is 3. The molecule has 0 radical (unpaired) electrons. The third kappa shape index (κ3) is 3.45. The van der Waals surface area contributed by atoms with Gasteiger partial charge in [0.1, 0.15) is 11.5 Å². The van der Waals surface area contributed by atoms with Gasteiger partial charge in [0.15, 0.2) is 0 Å². The van der Waals surface area contributed by atoms with Crippen LogP contribution in [-0.2, 0) is 0 Å². The van der Waals surface area contributed by atoms with Gasteiger partial charge in [-0.15, -0.1) is 0 Å². The Morgan fingerprint density at radius 1 is 1.17 bits per heavy atom. The highest BCUT2D eigenvalue weighted by molar-refractivity contribution is 6.33. The quantitative estimate of drug-likeness (QED) is 0.931. The number of nitrogens with one attached hydrogen (secondary N) is 1. The van der Waals surface area contributed by atoms with Crippen LogP contribution in [0, 0.1) is 13.8 Å². The zero-order valence-electron chi connectivity index (χ0n) is 13.3. The van der Waals surface area contributed by atoms with E-state index in [4.69, 9.17) is 11.6 Å². The number of aromatic nitrogens is 2. The van der Waals surface area contributed by atoms with Gasteiger partial charge in [-0.1, -0.05) is 17.7 Å². The van der Waals surface area contributed by atoms with E-state index in [1.807, 2.05) is 30.9 Å². The van der Waals surface area contributed by atoms with Gasteiger partial charge in [0.25, 0.3) is 5.91 Å². The van der Waals surface area contributed by atoms with Gasteiger partial charge in [0.2, 0.25) is 0 Å². The van der Waals surface area contributed by atoms with Crippen molar-refractivity contribution in [3.8, 4) is 0 Å². The number of hydrogen-bond donors (Lipinski definition) is 1. The highest BCUT2D eigenvalue weighted by Gasteiger charge is 2.20. The van der Waals surface area contributed by atoms with E-state index >= 15 is 0 Å². The summed E-state index contributed by atoms with van der Waals surface area (Å²) in [5, 5.41) is 3.81. The largest absolute Gasteiger partial charge is 0.338 e. The number of rotatable bonds is 3. The molecule has 1 N–H and O–H groups in total. The summed E-state index contributed by atoms with van der Waals surface area (Å²) >= 11 is 6.28. The zero-order valence-corrected chi connectivity index (χ0v) is 14.0. The van der Waals surface area contributed by atoms with E-state index in [2.05, 4.69) is 15.3 Å². The number of benzene rings is 1. The molecule has 0 atom stereocenters. The molecule has 0 aliphatic carbocycles.